The molecule has 0 aromatic rings. The molecule has 0 heterocycles. The molecule has 0 saturated carbocycles. The third-order valence-electron chi connectivity index (χ3n) is 2.21. The molecule has 0 aromatic heterocycles. The quantitative estimate of drug-likeness (QED) is 0.636. The average Bonchev–Trinajstić information content (AvgIpc) is 2.21. The molecule has 0 aliphatic carbocycles. The third kappa shape index (κ3) is 4.21. The topological polar surface area (TPSA) is 60.9 Å². The number of rotatable bonds is 8. The second-order valence-electron chi connectivity index (χ2n) is 3.86. The summed E-state index contributed by atoms with van der Waals surface area (Å²) in [5.74, 6) is 0. The van der Waals surface area contributed by atoms with Gasteiger partial charge in [-0.3, -0.25) is 0 Å². The molecule has 16 heavy (non-hydrogen) atoms. The van der Waals surface area contributed by atoms with Gasteiger partial charge in [-0.05, 0) is 20.3 Å². The fourth-order valence-corrected chi connectivity index (χ4v) is 2.83. The van der Waals surface area contributed by atoms with Gasteiger partial charge in [-0.1, -0.05) is 6.08 Å². The Morgan fingerprint density at radius 3 is 2.38 bits per heavy atom. The van der Waals surface area contributed by atoms with Crippen LogP contribution in [0.3, 0.4) is 0 Å². The van der Waals surface area contributed by atoms with Crippen molar-refractivity contribution in [1.29, 1.82) is 0 Å². The molecule has 0 unspecified atom stereocenters. The molecule has 0 bridgehead atoms. The van der Waals surface area contributed by atoms with Crippen molar-refractivity contribution < 1.29 is 13.5 Å². The summed E-state index contributed by atoms with van der Waals surface area (Å²) >= 11 is 0. The van der Waals surface area contributed by atoms with Crippen molar-refractivity contribution in [3.8, 4) is 0 Å². The minimum absolute atomic E-state index is 0.0109. The molecule has 6 heteroatoms. The monoisotopic (exact) mass is 250 g/mol. The van der Waals surface area contributed by atoms with Crippen LogP contribution in [0.4, 0.5) is 0 Å². The lowest BCUT2D eigenvalue weighted by atomic mass is 10.4. The van der Waals surface area contributed by atoms with E-state index in [1.807, 2.05) is 13.8 Å². The Kier molecular flexibility index (Phi) is 6.82. The van der Waals surface area contributed by atoms with E-state index in [0.717, 1.165) is 0 Å². The molecule has 96 valence electrons. The highest BCUT2D eigenvalue weighted by molar-refractivity contribution is 7.86. The van der Waals surface area contributed by atoms with Crippen LogP contribution >= 0.6 is 0 Å². The van der Waals surface area contributed by atoms with Crippen molar-refractivity contribution in [3.05, 3.63) is 12.7 Å². The van der Waals surface area contributed by atoms with Gasteiger partial charge >= 0.3 is 0 Å². The fraction of sp³-hybridized carbons (Fsp3) is 0.800. The number of aliphatic hydroxyl groups is 1. The second kappa shape index (κ2) is 7.01. The summed E-state index contributed by atoms with van der Waals surface area (Å²) in [6, 6.07) is -0.112. The summed E-state index contributed by atoms with van der Waals surface area (Å²) < 4.78 is 26.8. The molecule has 0 rings (SSSR count). The predicted molar refractivity (Wildman–Crippen MR) is 65.3 cm³/mol. The highest BCUT2D eigenvalue weighted by atomic mass is 32.2. The average molecular weight is 250 g/mol. The minimum Gasteiger partial charge on any atom is -0.396 e. The Morgan fingerprint density at radius 2 is 2.00 bits per heavy atom. The van der Waals surface area contributed by atoms with E-state index in [9.17, 15) is 8.42 Å². The van der Waals surface area contributed by atoms with Crippen molar-refractivity contribution in [2.75, 3.05) is 26.7 Å². The Morgan fingerprint density at radius 1 is 1.44 bits per heavy atom. The standard InChI is InChI=1S/C10H22N2O3S/c1-5-7-12(10(2)3)16(14,15)11(4)8-6-9-13/h5,10,13H,1,6-9H2,2-4H3. The Hall–Kier alpha value is -0.430. The van der Waals surface area contributed by atoms with E-state index in [2.05, 4.69) is 6.58 Å². The van der Waals surface area contributed by atoms with Crippen LogP contribution in [0.5, 0.6) is 0 Å². The first-order chi connectivity index (χ1) is 7.37. The molecular weight excluding hydrogens is 228 g/mol. The second-order valence-corrected chi connectivity index (χ2v) is 5.85. The molecular formula is C10H22N2O3S. The molecule has 0 radical (unpaired) electrons. The maximum absolute atomic E-state index is 12.1. The molecule has 0 fully saturated rings. The van der Waals surface area contributed by atoms with Gasteiger partial charge in [-0.2, -0.15) is 17.0 Å². The lowest BCUT2D eigenvalue weighted by molar-refractivity contribution is 0.269. The van der Waals surface area contributed by atoms with E-state index >= 15 is 0 Å². The number of nitrogens with zero attached hydrogens (tertiary/aromatic N) is 2. The van der Waals surface area contributed by atoms with Crippen LogP contribution in [0.1, 0.15) is 20.3 Å². The van der Waals surface area contributed by atoms with Gasteiger partial charge in [0.15, 0.2) is 0 Å². The maximum Gasteiger partial charge on any atom is 0.282 e. The van der Waals surface area contributed by atoms with Crippen molar-refractivity contribution in [1.82, 2.24) is 8.61 Å². The normalized spacial score (nSPS) is 12.7. The van der Waals surface area contributed by atoms with Gasteiger partial charge in [0.25, 0.3) is 10.2 Å². The Balaban J connectivity index is 4.76. The highest BCUT2D eigenvalue weighted by Gasteiger charge is 2.27. The van der Waals surface area contributed by atoms with Crippen molar-refractivity contribution in [2.45, 2.75) is 26.3 Å². The summed E-state index contributed by atoms with van der Waals surface area (Å²) in [4.78, 5) is 0. The SMILES string of the molecule is C=CCN(C(C)C)S(=O)(=O)N(C)CCCO. The minimum atomic E-state index is -3.45. The van der Waals surface area contributed by atoms with E-state index in [0.29, 0.717) is 19.5 Å². The van der Waals surface area contributed by atoms with Crippen molar-refractivity contribution >= 4 is 10.2 Å². The highest BCUT2D eigenvalue weighted by Crippen LogP contribution is 2.11. The summed E-state index contributed by atoms with van der Waals surface area (Å²) in [7, 11) is -1.93. The molecule has 1 N–H and O–H groups in total. The van der Waals surface area contributed by atoms with Crippen molar-refractivity contribution in [2.24, 2.45) is 0 Å². The van der Waals surface area contributed by atoms with Gasteiger partial charge in [0.2, 0.25) is 0 Å². The van der Waals surface area contributed by atoms with Crippen LogP contribution in [-0.4, -0.2) is 54.9 Å². The van der Waals surface area contributed by atoms with Crippen LogP contribution < -0.4 is 0 Å². The van der Waals surface area contributed by atoms with Crippen LogP contribution in [-0.2, 0) is 10.2 Å². The van der Waals surface area contributed by atoms with Crippen molar-refractivity contribution in [3.63, 3.8) is 0 Å². The van der Waals surface area contributed by atoms with E-state index in [-0.39, 0.29) is 12.6 Å². The summed E-state index contributed by atoms with van der Waals surface area (Å²) in [6.07, 6.45) is 2.01. The van der Waals surface area contributed by atoms with E-state index in [1.165, 1.54) is 15.7 Å². The van der Waals surface area contributed by atoms with E-state index in [1.54, 1.807) is 6.08 Å². The molecule has 0 spiro atoms. The smallest absolute Gasteiger partial charge is 0.282 e. The van der Waals surface area contributed by atoms with Gasteiger partial charge in [-0.25, -0.2) is 0 Å². The largest absolute Gasteiger partial charge is 0.396 e. The fourth-order valence-electron chi connectivity index (χ4n) is 1.29. The molecule has 0 aromatic carbocycles. The number of hydrogen-bond acceptors (Lipinski definition) is 3. The first-order valence-electron chi connectivity index (χ1n) is 5.32. The van der Waals surface area contributed by atoms with Crippen LogP contribution in [0.2, 0.25) is 0 Å². The van der Waals surface area contributed by atoms with E-state index < -0.39 is 10.2 Å². The van der Waals surface area contributed by atoms with Gasteiger partial charge in [0.05, 0.1) is 0 Å². The molecule has 5 nitrogen and oxygen atoms in total. The summed E-state index contributed by atoms with van der Waals surface area (Å²) in [5.41, 5.74) is 0. The molecule has 0 aliphatic heterocycles. The molecule has 0 aliphatic rings. The van der Waals surface area contributed by atoms with Crippen LogP contribution in [0.15, 0.2) is 12.7 Å². The van der Waals surface area contributed by atoms with Crippen LogP contribution in [0.25, 0.3) is 0 Å². The first kappa shape index (κ1) is 15.6. The third-order valence-corrected chi connectivity index (χ3v) is 4.34. The van der Waals surface area contributed by atoms with Gasteiger partial charge in [0.1, 0.15) is 0 Å². The lowest BCUT2D eigenvalue weighted by Crippen LogP contribution is -2.45. The van der Waals surface area contributed by atoms with Gasteiger partial charge in [0, 0.05) is 32.8 Å². The van der Waals surface area contributed by atoms with E-state index in [4.69, 9.17) is 5.11 Å². The molecule has 0 saturated heterocycles. The molecule has 0 atom stereocenters. The maximum atomic E-state index is 12.1. The summed E-state index contributed by atoms with van der Waals surface area (Å²) in [5, 5.41) is 8.68. The zero-order valence-corrected chi connectivity index (χ0v) is 11.1. The Bertz CT molecular complexity index is 301. The van der Waals surface area contributed by atoms with Crippen LogP contribution in [0, 0.1) is 0 Å². The molecule has 0 amide bonds. The zero-order valence-electron chi connectivity index (χ0n) is 10.3. The predicted octanol–water partition coefficient (Wildman–Crippen LogP) is 0.442. The Labute approximate surface area is 98.5 Å². The lowest BCUT2D eigenvalue weighted by Gasteiger charge is -2.29. The summed E-state index contributed by atoms with van der Waals surface area (Å²) in [6.45, 7) is 7.80. The van der Waals surface area contributed by atoms with Gasteiger partial charge in [-0.15, -0.1) is 6.58 Å². The van der Waals surface area contributed by atoms with Gasteiger partial charge < -0.3 is 5.11 Å². The first-order valence-corrected chi connectivity index (χ1v) is 6.72. The number of hydrogen-bond donors (Lipinski definition) is 1. The zero-order chi connectivity index (χ0) is 12.8. The number of aliphatic hydroxyl groups excluding tert-OH is 1.